The fourth-order valence-corrected chi connectivity index (χ4v) is 2.48. The Bertz CT molecular complexity index is 573. The van der Waals surface area contributed by atoms with E-state index in [2.05, 4.69) is 28.1 Å². The molecule has 1 saturated carbocycles. The summed E-state index contributed by atoms with van der Waals surface area (Å²) in [6.45, 7) is 15.3. The molecule has 1 aromatic rings. The van der Waals surface area contributed by atoms with Crippen molar-refractivity contribution in [3.63, 3.8) is 0 Å². The van der Waals surface area contributed by atoms with Crippen molar-refractivity contribution in [3.05, 3.63) is 55.5 Å². The number of pyridine rings is 1. The summed E-state index contributed by atoms with van der Waals surface area (Å²) in [6, 6.07) is 6.23. The van der Waals surface area contributed by atoms with E-state index in [9.17, 15) is 0 Å². The van der Waals surface area contributed by atoms with Crippen LogP contribution in [0.25, 0.3) is 0 Å². The van der Waals surface area contributed by atoms with Gasteiger partial charge in [-0.05, 0) is 31.1 Å². The second kappa shape index (κ2) is 16.1. The summed E-state index contributed by atoms with van der Waals surface area (Å²) in [5.41, 5.74) is 1.61. The van der Waals surface area contributed by atoms with E-state index in [1.165, 1.54) is 19.0 Å². The van der Waals surface area contributed by atoms with E-state index in [-0.39, 0.29) is 12.1 Å². The highest BCUT2D eigenvalue weighted by atomic mass is 14.9. The van der Waals surface area contributed by atoms with Crippen molar-refractivity contribution in [2.24, 2.45) is 15.0 Å². The number of hydrogen-bond acceptors (Lipinski definition) is 4. The molecule has 4 heteroatoms. The van der Waals surface area contributed by atoms with Crippen molar-refractivity contribution in [2.75, 3.05) is 0 Å². The van der Waals surface area contributed by atoms with Gasteiger partial charge in [0.05, 0.1) is 23.5 Å². The van der Waals surface area contributed by atoms with E-state index in [0.717, 1.165) is 24.2 Å². The Hall–Kier alpha value is -2.36. The van der Waals surface area contributed by atoms with Crippen LogP contribution in [-0.2, 0) is 0 Å². The molecule has 1 fully saturated rings. The third-order valence-corrected chi connectivity index (χ3v) is 3.63. The minimum atomic E-state index is 0.198. The van der Waals surface area contributed by atoms with Crippen LogP contribution in [-0.4, -0.2) is 35.2 Å². The van der Waals surface area contributed by atoms with Gasteiger partial charge in [0.15, 0.2) is 0 Å². The monoisotopic (exact) mass is 354 g/mol. The molecule has 2 rings (SSSR count). The molecule has 2 unspecified atom stereocenters. The zero-order valence-electron chi connectivity index (χ0n) is 16.8. The number of hydrogen-bond donors (Lipinski definition) is 0. The number of aromatic nitrogens is 1. The minimum Gasteiger partial charge on any atom is -0.285 e. The molecule has 26 heavy (non-hydrogen) atoms. The van der Waals surface area contributed by atoms with Crippen LogP contribution in [0.5, 0.6) is 0 Å². The predicted molar refractivity (Wildman–Crippen MR) is 117 cm³/mol. The molecule has 2 atom stereocenters. The molecule has 0 spiro atoms. The lowest BCUT2D eigenvalue weighted by atomic mass is 9.91. The number of rotatable bonds is 6. The zero-order chi connectivity index (χ0) is 19.6. The zero-order valence-corrected chi connectivity index (χ0v) is 16.8. The van der Waals surface area contributed by atoms with Crippen LogP contribution < -0.4 is 0 Å². The van der Waals surface area contributed by atoms with Crippen molar-refractivity contribution in [1.29, 1.82) is 0 Å². The smallest absolute Gasteiger partial charge is 0.0807 e. The highest BCUT2D eigenvalue weighted by molar-refractivity contribution is 6.35. The SMILES string of the molecule is C=CN=C(C=C)C=NC1CCCCC1N=Cc1ccccn1.CC.CC. The number of allylic oxidation sites excluding steroid dienone is 1. The van der Waals surface area contributed by atoms with Gasteiger partial charge in [-0.3, -0.25) is 20.0 Å². The fourth-order valence-electron chi connectivity index (χ4n) is 2.48. The van der Waals surface area contributed by atoms with Gasteiger partial charge in [-0.15, -0.1) is 0 Å². The standard InChI is InChI=1S/C18H22N4.2C2H6/c1-3-15(19-4-2)13-21-17-10-5-6-11-18(17)22-14-16-9-7-8-12-20-16;2*1-2/h3-4,7-9,12-14,17-18H,1-2,5-6,10-11H2;2*1-2H3. The fraction of sp³-hybridized carbons (Fsp3) is 0.455. The number of nitrogens with zero attached hydrogens (tertiary/aromatic N) is 4. The van der Waals surface area contributed by atoms with E-state index < -0.39 is 0 Å². The van der Waals surface area contributed by atoms with Crippen LogP contribution in [0.3, 0.4) is 0 Å². The average Bonchev–Trinajstić information content (AvgIpc) is 2.74. The third-order valence-electron chi connectivity index (χ3n) is 3.63. The van der Waals surface area contributed by atoms with Crippen molar-refractivity contribution >= 4 is 18.1 Å². The molecule has 1 aliphatic carbocycles. The second-order valence-electron chi connectivity index (χ2n) is 5.17. The first-order chi connectivity index (χ1) is 12.8. The van der Waals surface area contributed by atoms with Gasteiger partial charge in [-0.2, -0.15) is 0 Å². The highest BCUT2D eigenvalue weighted by Gasteiger charge is 2.23. The van der Waals surface area contributed by atoms with Gasteiger partial charge < -0.3 is 0 Å². The van der Waals surface area contributed by atoms with Crippen molar-refractivity contribution in [2.45, 2.75) is 65.5 Å². The van der Waals surface area contributed by atoms with E-state index >= 15 is 0 Å². The molecule has 0 amide bonds. The van der Waals surface area contributed by atoms with Crippen LogP contribution in [0.2, 0.25) is 0 Å². The Morgan fingerprint density at radius 3 is 2.23 bits per heavy atom. The lowest BCUT2D eigenvalue weighted by Gasteiger charge is -2.25. The first-order valence-electron chi connectivity index (χ1n) is 9.62. The first-order valence-corrected chi connectivity index (χ1v) is 9.62. The Morgan fingerprint density at radius 2 is 1.69 bits per heavy atom. The van der Waals surface area contributed by atoms with Crippen LogP contribution >= 0.6 is 0 Å². The van der Waals surface area contributed by atoms with Crippen LogP contribution in [0.4, 0.5) is 0 Å². The summed E-state index contributed by atoms with van der Waals surface area (Å²) in [7, 11) is 0. The molecule has 0 N–H and O–H groups in total. The predicted octanol–water partition coefficient (Wildman–Crippen LogP) is 5.71. The van der Waals surface area contributed by atoms with Crippen LogP contribution in [0.1, 0.15) is 59.1 Å². The van der Waals surface area contributed by atoms with Gasteiger partial charge >= 0.3 is 0 Å². The Balaban J connectivity index is 0.00000146. The van der Waals surface area contributed by atoms with Gasteiger partial charge in [-0.25, -0.2) is 0 Å². The molecule has 142 valence electrons. The topological polar surface area (TPSA) is 50.0 Å². The molecular weight excluding hydrogens is 320 g/mol. The summed E-state index contributed by atoms with van der Waals surface area (Å²) >= 11 is 0. The van der Waals surface area contributed by atoms with Crippen molar-refractivity contribution < 1.29 is 0 Å². The summed E-state index contributed by atoms with van der Waals surface area (Å²) in [6.07, 6.45) is 13.1. The van der Waals surface area contributed by atoms with Gasteiger partial charge in [0, 0.05) is 24.8 Å². The molecule has 0 saturated heterocycles. The van der Waals surface area contributed by atoms with Gasteiger partial charge in [0.2, 0.25) is 0 Å². The molecule has 0 radical (unpaired) electrons. The lowest BCUT2D eigenvalue weighted by Crippen LogP contribution is -2.27. The average molecular weight is 355 g/mol. The molecule has 1 aliphatic rings. The maximum atomic E-state index is 4.70. The van der Waals surface area contributed by atoms with Crippen LogP contribution in [0.15, 0.2) is 64.8 Å². The summed E-state index contributed by atoms with van der Waals surface area (Å²) in [5.74, 6) is 0. The van der Waals surface area contributed by atoms with E-state index in [4.69, 9.17) is 4.99 Å². The third kappa shape index (κ3) is 9.21. The van der Waals surface area contributed by atoms with E-state index in [1.807, 2.05) is 52.1 Å². The Morgan fingerprint density at radius 1 is 1.04 bits per heavy atom. The first kappa shape index (κ1) is 23.6. The van der Waals surface area contributed by atoms with E-state index in [0.29, 0.717) is 0 Å². The molecule has 1 heterocycles. The lowest BCUT2D eigenvalue weighted by molar-refractivity contribution is 0.390. The van der Waals surface area contributed by atoms with Crippen molar-refractivity contribution in [1.82, 2.24) is 4.98 Å². The van der Waals surface area contributed by atoms with Gasteiger partial charge in [-0.1, -0.05) is 59.8 Å². The second-order valence-corrected chi connectivity index (χ2v) is 5.17. The number of aliphatic imine (C=N–C) groups is 3. The molecule has 0 aromatic carbocycles. The maximum Gasteiger partial charge on any atom is 0.0807 e. The van der Waals surface area contributed by atoms with Gasteiger partial charge in [0.25, 0.3) is 0 Å². The van der Waals surface area contributed by atoms with Crippen LogP contribution in [0, 0.1) is 0 Å². The largest absolute Gasteiger partial charge is 0.285 e. The summed E-state index contributed by atoms with van der Waals surface area (Å²) in [5, 5.41) is 0. The highest BCUT2D eigenvalue weighted by Crippen LogP contribution is 2.23. The molecule has 0 aliphatic heterocycles. The molecule has 4 nitrogen and oxygen atoms in total. The molecule has 0 bridgehead atoms. The summed E-state index contributed by atoms with van der Waals surface area (Å²) < 4.78 is 0. The summed E-state index contributed by atoms with van der Waals surface area (Å²) in [4.78, 5) is 17.7. The van der Waals surface area contributed by atoms with E-state index in [1.54, 1.807) is 18.5 Å². The van der Waals surface area contributed by atoms with Gasteiger partial charge in [0.1, 0.15) is 0 Å². The maximum absolute atomic E-state index is 4.70. The minimum absolute atomic E-state index is 0.198. The Labute approximate surface area is 159 Å². The Kier molecular flexibility index (Phi) is 14.7. The molecular formula is C22H34N4. The quantitative estimate of drug-likeness (QED) is 0.604. The molecule has 1 aromatic heterocycles. The normalized spacial score (nSPS) is 19.9. The van der Waals surface area contributed by atoms with Crippen molar-refractivity contribution in [3.8, 4) is 0 Å².